The van der Waals surface area contributed by atoms with Gasteiger partial charge in [0, 0.05) is 6.26 Å². The molecule has 0 fully saturated rings. The molecule has 19 heavy (non-hydrogen) atoms. The Labute approximate surface area is 119 Å². The Hall–Kier alpha value is -1.15. The van der Waals surface area contributed by atoms with Crippen molar-refractivity contribution in [2.24, 2.45) is 0 Å². The second-order valence-electron chi connectivity index (χ2n) is 3.70. The van der Waals surface area contributed by atoms with Crippen LogP contribution >= 0.6 is 22.9 Å². The van der Waals surface area contributed by atoms with Gasteiger partial charge in [-0.3, -0.25) is 0 Å². The van der Waals surface area contributed by atoms with Crippen LogP contribution in [0.5, 0.6) is 10.9 Å². The monoisotopic (exact) mass is 319 g/mol. The van der Waals surface area contributed by atoms with E-state index in [4.69, 9.17) is 21.4 Å². The van der Waals surface area contributed by atoms with Crippen molar-refractivity contribution in [1.82, 2.24) is 4.98 Å². The lowest BCUT2D eigenvalue weighted by atomic mass is 10.3. The minimum absolute atomic E-state index is 0.162. The second kappa shape index (κ2) is 5.46. The molecule has 0 bridgehead atoms. The van der Waals surface area contributed by atoms with E-state index in [1.165, 1.54) is 12.1 Å². The van der Waals surface area contributed by atoms with Gasteiger partial charge in [-0.25, -0.2) is 8.42 Å². The van der Waals surface area contributed by atoms with Crippen molar-refractivity contribution in [2.75, 3.05) is 6.26 Å². The first-order valence-electron chi connectivity index (χ1n) is 5.14. The van der Waals surface area contributed by atoms with Gasteiger partial charge in [0.05, 0.1) is 16.4 Å². The van der Waals surface area contributed by atoms with E-state index in [9.17, 15) is 8.42 Å². The summed E-state index contributed by atoms with van der Waals surface area (Å²) in [5, 5.41) is 9.43. The van der Waals surface area contributed by atoms with Crippen molar-refractivity contribution in [3.8, 4) is 10.9 Å². The van der Waals surface area contributed by atoms with Crippen molar-refractivity contribution >= 4 is 32.8 Å². The molecule has 0 saturated carbocycles. The summed E-state index contributed by atoms with van der Waals surface area (Å²) in [4.78, 5) is 4.58. The zero-order chi connectivity index (χ0) is 14.0. The highest BCUT2D eigenvalue weighted by Gasteiger charge is 2.12. The first-order valence-corrected chi connectivity index (χ1v) is 8.23. The summed E-state index contributed by atoms with van der Waals surface area (Å²) in [6, 6.07) is 6.08. The van der Waals surface area contributed by atoms with Gasteiger partial charge in [0.15, 0.2) is 9.84 Å². The number of nitrogens with zero attached hydrogens (tertiary/aromatic N) is 1. The van der Waals surface area contributed by atoms with Gasteiger partial charge >= 0.3 is 0 Å². The Kier molecular flexibility index (Phi) is 4.10. The summed E-state index contributed by atoms with van der Waals surface area (Å²) in [5.74, 6) is 0.345. The fraction of sp³-hybridized carbons (Fsp3) is 0.182. The molecule has 0 saturated heterocycles. The summed E-state index contributed by atoms with van der Waals surface area (Å²) in [5.41, 5.74) is 0. The molecule has 102 valence electrons. The summed E-state index contributed by atoms with van der Waals surface area (Å²) in [7, 11) is -3.29. The maximum atomic E-state index is 11.4. The van der Waals surface area contributed by atoms with Crippen molar-refractivity contribution in [2.45, 2.75) is 11.5 Å². The van der Waals surface area contributed by atoms with E-state index in [1.807, 2.05) is 0 Å². The molecule has 0 amide bonds. The molecule has 1 heterocycles. The van der Waals surface area contributed by atoms with Crippen LogP contribution in [0.25, 0.3) is 0 Å². The SMILES string of the molecule is CS(=O)(=O)c1cccc(Oc2nc(Cl)c(CO)s2)c1. The van der Waals surface area contributed by atoms with Crippen molar-refractivity contribution in [3.05, 3.63) is 34.3 Å². The third-order valence-electron chi connectivity index (χ3n) is 2.21. The topological polar surface area (TPSA) is 76.5 Å². The standard InChI is InChI=1S/C11H10ClNO4S2/c1-19(15,16)8-4-2-3-7(5-8)17-11-13-10(12)9(6-14)18-11/h2-5,14H,6H2,1H3. The number of hydrogen-bond acceptors (Lipinski definition) is 6. The molecule has 0 atom stereocenters. The Balaban J connectivity index is 2.28. The van der Waals surface area contributed by atoms with E-state index in [-0.39, 0.29) is 21.8 Å². The normalized spacial score (nSPS) is 11.5. The van der Waals surface area contributed by atoms with E-state index < -0.39 is 9.84 Å². The predicted octanol–water partition coefficient (Wildman–Crippen LogP) is 2.48. The van der Waals surface area contributed by atoms with E-state index >= 15 is 0 Å². The number of rotatable bonds is 4. The summed E-state index contributed by atoms with van der Waals surface area (Å²) in [6.07, 6.45) is 1.12. The minimum atomic E-state index is -3.29. The fourth-order valence-electron chi connectivity index (χ4n) is 1.32. The summed E-state index contributed by atoms with van der Waals surface area (Å²) in [6.45, 7) is -0.219. The molecule has 2 aromatic rings. The second-order valence-corrected chi connectivity index (χ2v) is 7.12. The molecule has 0 unspecified atom stereocenters. The summed E-state index contributed by atoms with van der Waals surface area (Å²) < 4.78 is 28.3. The minimum Gasteiger partial charge on any atom is -0.431 e. The lowest BCUT2D eigenvalue weighted by Crippen LogP contribution is -1.96. The van der Waals surface area contributed by atoms with E-state index in [2.05, 4.69) is 4.98 Å². The molecule has 0 aliphatic heterocycles. The third kappa shape index (κ3) is 3.44. The number of sulfone groups is 1. The molecule has 0 aliphatic carbocycles. The largest absolute Gasteiger partial charge is 0.431 e. The van der Waals surface area contributed by atoms with Crippen LogP contribution in [0.15, 0.2) is 29.2 Å². The average Bonchev–Trinajstić information content (AvgIpc) is 2.68. The van der Waals surface area contributed by atoms with Gasteiger partial charge in [-0.2, -0.15) is 4.98 Å². The van der Waals surface area contributed by atoms with Crippen LogP contribution < -0.4 is 4.74 Å². The first kappa shape index (κ1) is 14.3. The lowest BCUT2D eigenvalue weighted by Gasteiger charge is -2.03. The van der Waals surface area contributed by atoms with Crippen LogP contribution in [0, 0.1) is 0 Å². The third-order valence-corrected chi connectivity index (χ3v) is 4.67. The summed E-state index contributed by atoms with van der Waals surface area (Å²) >= 11 is 6.88. The molecule has 0 spiro atoms. The van der Waals surface area contributed by atoms with Crippen LogP contribution in [0.1, 0.15) is 4.88 Å². The number of thiazole rings is 1. The van der Waals surface area contributed by atoms with Gasteiger partial charge in [-0.05, 0) is 18.2 Å². The van der Waals surface area contributed by atoms with Gasteiger partial charge in [-0.1, -0.05) is 29.0 Å². The van der Waals surface area contributed by atoms with E-state index in [0.29, 0.717) is 10.6 Å². The molecule has 5 nitrogen and oxygen atoms in total. The van der Waals surface area contributed by atoms with Crippen LogP contribution in [-0.4, -0.2) is 24.8 Å². The Morgan fingerprint density at radius 2 is 2.21 bits per heavy atom. The molecular weight excluding hydrogens is 310 g/mol. The van der Waals surface area contributed by atoms with Crippen molar-refractivity contribution in [3.63, 3.8) is 0 Å². The molecule has 1 aromatic carbocycles. The molecular formula is C11H10ClNO4S2. The Morgan fingerprint density at radius 1 is 1.47 bits per heavy atom. The number of aliphatic hydroxyl groups excluding tert-OH is 1. The zero-order valence-corrected chi connectivity index (χ0v) is 12.2. The van der Waals surface area contributed by atoms with Gasteiger partial charge < -0.3 is 9.84 Å². The fourth-order valence-corrected chi connectivity index (χ4v) is 2.96. The van der Waals surface area contributed by atoms with Gasteiger partial charge in [-0.15, -0.1) is 0 Å². The number of ether oxygens (including phenoxy) is 1. The Bertz CT molecular complexity index is 696. The van der Waals surface area contributed by atoms with Gasteiger partial charge in [0.25, 0.3) is 5.19 Å². The maximum Gasteiger partial charge on any atom is 0.280 e. The quantitative estimate of drug-likeness (QED) is 0.937. The number of halogens is 1. The van der Waals surface area contributed by atoms with Crippen LogP contribution in [0.4, 0.5) is 0 Å². The van der Waals surface area contributed by atoms with Crippen molar-refractivity contribution in [1.29, 1.82) is 0 Å². The molecule has 2 rings (SSSR count). The highest BCUT2D eigenvalue weighted by Crippen LogP contribution is 2.32. The number of hydrogen-bond donors (Lipinski definition) is 1. The van der Waals surface area contributed by atoms with Gasteiger partial charge in [0.1, 0.15) is 10.9 Å². The molecule has 0 aliphatic rings. The highest BCUT2D eigenvalue weighted by molar-refractivity contribution is 7.90. The molecule has 8 heteroatoms. The Morgan fingerprint density at radius 3 is 2.79 bits per heavy atom. The lowest BCUT2D eigenvalue weighted by molar-refractivity contribution is 0.285. The number of benzene rings is 1. The highest BCUT2D eigenvalue weighted by atomic mass is 35.5. The smallest absolute Gasteiger partial charge is 0.280 e. The number of aromatic nitrogens is 1. The number of aliphatic hydroxyl groups is 1. The van der Waals surface area contributed by atoms with Crippen LogP contribution in [0.2, 0.25) is 5.15 Å². The molecule has 0 radical (unpaired) electrons. The van der Waals surface area contributed by atoms with Gasteiger partial charge in [0.2, 0.25) is 0 Å². The predicted molar refractivity (Wildman–Crippen MR) is 72.7 cm³/mol. The van der Waals surface area contributed by atoms with Crippen molar-refractivity contribution < 1.29 is 18.3 Å². The zero-order valence-electron chi connectivity index (χ0n) is 9.83. The van der Waals surface area contributed by atoms with Crippen LogP contribution in [-0.2, 0) is 16.4 Å². The van der Waals surface area contributed by atoms with Crippen LogP contribution in [0.3, 0.4) is 0 Å². The maximum absolute atomic E-state index is 11.4. The van der Waals surface area contributed by atoms with E-state index in [1.54, 1.807) is 12.1 Å². The average molecular weight is 320 g/mol. The molecule has 1 N–H and O–H groups in total. The van der Waals surface area contributed by atoms with E-state index in [0.717, 1.165) is 17.6 Å². The molecule has 1 aromatic heterocycles. The first-order chi connectivity index (χ1) is 8.90.